The van der Waals surface area contributed by atoms with Gasteiger partial charge >= 0.3 is 0 Å². The summed E-state index contributed by atoms with van der Waals surface area (Å²) in [5.74, 6) is 0.790. The summed E-state index contributed by atoms with van der Waals surface area (Å²) in [4.78, 5) is 0. The number of thiophene rings is 1. The topological polar surface area (TPSA) is 56.7 Å². The van der Waals surface area contributed by atoms with E-state index >= 15 is 0 Å². The first-order valence-electron chi connectivity index (χ1n) is 3.90. The van der Waals surface area contributed by atoms with E-state index in [9.17, 15) is 0 Å². The van der Waals surface area contributed by atoms with Crippen molar-refractivity contribution in [2.24, 2.45) is 12.8 Å². The molecule has 2 aromatic heterocycles. The highest BCUT2D eigenvalue weighted by Gasteiger charge is 2.13. The molecule has 0 amide bonds. The molecule has 5 heteroatoms. The zero-order valence-electron chi connectivity index (χ0n) is 7.21. The van der Waals surface area contributed by atoms with Crippen LogP contribution in [0, 0.1) is 0 Å². The van der Waals surface area contributed by atoms with Gasteiger partial charge < -0.3 is 10.3 Å². The molecular weight excluding hydrogens is 184 g/mol. The lowest BCUT2D eigenvalue weighted by Gasteiger charge is -2.07. The molecule has 13 heavy (non-hydrogen) atoms. The van der Waals surface area contributed by atoms with E-state index in [1.807, 2.05) is 28.4 Å². The van der Waals surface area contributed by atoms with Gasteiger partial charge in [-0.05, 0) is 22.4 Å². The Bertz CT molecular complexity index is 379. The molecule has 2 aromatic rings. The molecule has 2 N–H and O–H groups in total. The van der Waals surface area contributed by atoms with Gasteiger partial charge in [0.1, 0.15) is 6.33 Å². The van der Waals surface area contributed by atoms with E-state index in [2.05, 4.69) is 10.2 Å². The van der Waals surface area contributed by atoms with Crippen LogP contribution >= 0.6 is 11.3 Å². The maximum Gasteiger partial charge on any atom is 0.154 e. The molecule has 68 valence electrons. The van der Waals surface area contributed by atoms with E-state index in [4.69, 9.17) is 5.73 Å². The molecule has 0 saturated carbocycles. The third-order valence-electron chi connectivity index (χ3n) is 1.93. The van der Waals surface area contributed by atoms with Crippen molar-refractivity contribution in [3.63, 3.8) is 0 Å². The predicted octanol–water partition coefficient (Wildman–Crippen LogP) is 0.925. The van der Waals surface area contributed by atoms with E-state index in [-0.39, 0.29) is 6.04 Å². The highest BCUT2D eigenvalue weighted by Crippen LogP contribution is 2.18. The van der Waals surface area contributed by atoms with Crippen LogP contribution in [0.3, 0.4) is 0 Å². The maximum absolute atomic E-state index is 5.99. The van der Waals surface area contributed by atoms with Gasteiger partial charge in [0.25, 0.3) is 0 Å². The lowest BCUT2D eigenvalue weighted by atomic mass is 10.1. The Morgan fingerprint density at radius 1 is 1.62 bits per heavy atom. The Morgan fingerprint density at radius 2 is 2.46 bits per heavy atom. The van der Waals surface area contributed by atoms with Crippen molar-refractivity contribution in [2.45, 2.75) is 6.04 Å². The van der Waals surface area contributed by atoms with Gasteiger partial charge in [-0.25, -0.2) is 0 Å². The summed E-state index contributed by atoms with van der Waals surface area (Å²) >= 11 is 1.63. The van der Waals surface area contributed by atoms with Crippen molar-refractivity contribution < 1.29 is 0 Å². The molecule has 0 saturated heterocycles. The highest BCUT2D eigenvalue weighted by molar-refractivity contribution is 7.07. The lowest BCUT2D eigenvalue weighted by Crippen LogP contribution is -2.15. The molecule has 1 unspecified atom stereocenters. The smallest absolute Gasteiger partial charge is 0.154 e. The summed E-state index contributed by atoms with van der Waals surface area (Å²) < 4.78 is 1.84. The first kappa shape index (κ1) is 8.40. The minimum Gasteiger partial charge on any atom is -0.319 e. The van der Waals surface area contributed by atoms with Gasteiger partial charge in [-0.1, -0.05) is 0 Å². The van der Waals surface area contributed by atoms with Gasteiger partial charge in [-0.2, -0.15) is 11.3 Å². The summed E-state index contributed by atoms with van der Waals surface area (Å²) in [7, 11) is 1.89. The zero-order valence-corrected chi connectivity index (χ0v) is 8.03. The highest BCUT2D eigenvalue weighted by atomic mass is 32.1. The van der Waals surface area contributed by atoms with E-state index in [1.165, 1.54) is 0 Å². The molecule has 2 rings (SSSR count). The van der Waals surface area contributed by atoms with Gasteiger partial charge in [-0.15, -0.1) is 10.2 Å². The molecule has 0 aliphatic rings. The van der Waals surface area contributed by atoms with Crippen LogP contribution in [0.2, 0.25) is 0 Å². The first-order chi connectivity index (χ1) is 6.29. The number of hydrogen-bond donors (Lipinski definition) is 1. The molecule has 2 heterocycles. The molecule has 0 aromatic carbocycles. The summed E-state index contributed by atoms with van der Waals surface area (Å²) in [5, 5.41) is 11.8. The molecule has 0 fully saturated rings. The van der Waals surface area contributed by atoms with Gasteiger partial charge in [0.05, 0.1) is 6.04 Å². The lowest BCUT2D eigenvalue weighted by molar-refractivity contribution is 0.716. The Labute approximate surface area is 80.0 Å². The van der Waals surface area contributed by atoms with Crippen molar-refractivity contribution in [1.82, 2.24) is 14.8 Å². The third-order valence-corrected chi connectivity index (χ3v) is 2.63. The van der Waals surface area contributed by atoms with E-state index in [0.29, 0.717) is 0 Å². The molecule has 0 spiro atoms. The largest absolute Gasteiger partial charge is 0.319 e. The summed E-state index contributed by atoms with van der Waals surface area (Å²) in [6.07, 6.45) is 1.65. The van der Waals surface area contributed by atoms with Crippen LogP contribution in [0.1, 0.15) is 17.4 Å². The normalized spacial score (nSPS) is 13.1. The Hall–Kier alpha value is -1.20. The van der Waals surface area contributed by atoms with Crippen LogP contribution in [-0.4, -0.2) is 14.8 Å². The number of aryl methyl sites for hydroxylation is 1. The van der Waals surface area contributed by atoms with E-state index in [1.54, 1.807) is 17.7 Å². The second-order valence-electron chi connectivity index (χ2n) is 2.83. The SMILES string of the molecule is Cn1cnnc1C(N)c1ccsc1. The van der Waals surface area contributed by atoms with Gasteiger partial charge in [0.2, 0.25) is 0 Å². The fraction of sp³-hybridized carbons (Fsp3) is 0.250. The summed E-state index contributed by atoms with van der Waals surface area (Å²) in [5.41, 5.74) is 7.07. The average molecular weight is 194 g/mol. The standard InChI is InChI=1S/C8H10N4S/c1-12-5-10-11-8(12)7(9)6-2-3-13-4-6/h2-5,7H,9H2,1H3. The Kier molecular flexibility index (Phi) is 2.12. The molecule has 1 atom stereocenters. The van der Waals surface area contributed by atoms with Gasteiger partial charge in [0.15, 0.2) is 5.82 Å². The summed E-state index contributed by atoms with van der Waals surface area (Å²) in [6, 6.07) is 1.84. The third kappa shape index (κ3) is 1.48. The Morgan fingerprint density at radius 3 is 3.00 bits per heavy atom. The first-order valence-corrected chi connectivity index (χ1v) is 4.85. The number of rotatable bonds is 2. The fourth-order valence-corrected chi connectivity index (χ4v) is 1.87. The van der Waals surface area contributed by atoms with Gasteiger partial charge in [0, 0.05) is 7.05 Å². The summed E-state index contributed by atoms with van der Waals surface area (Å²) in [6.45, 7) is 0. The van der Waals surface area contributed by atoms with Crippen LogP contribution in [0.25, 0.3) is 0 Å². The van der Waals surface area contributed by atoms with Crippen molar-refractivity contribution in [1.29, 1.82) is 0 Å². The van der Waals surface area contributed by atoms with E-state index < -0.39 is 0 Å². The molecule has 0 aliphatic heterocycles. The molecule has 0 radical (unpaired) electrons. The molecule has 0 bridgehead atoms. The van der Waals surface area contributed by atoms with Gasteiger partial charge in [-0.3, -0.25) is 0 Å². The molecule has 4 nitrogen and oxygen atoms in total. The number of hydrogen-bond acceptors (Lipinski definition) is 4. The van der Waals surface area contributed by atoms with Crippen molar-refractivity contribution >= 4 is 11.3 Å². The van der Waals surface area contributed by atoms with Crippen LogP contribution in [0.5, 0.6) is 0 Å². The fourth-order valence-electron chi connectivity index (χ4n) is 1.17. The van der Waals surface area contributed by atoms with Crippen LogP contribution in [-0.2, 0) is 7.05 Å². The van der Waals surface area contributed by atoms with Crippen molar-refractivity contribution in [2.75, 3.05) is 0 Å². The minimum atomic E-state index is -0.168. The van der Waals surface area contributed by atoms with E-state index in [0.717, 1.165) is 11.4 Å². The van der Waals surface area contributed by atoms with Crippen LogP contribution < -0.4 is 5.73 Å². The number of aromatic nitrogens is 3. The van der Waals surface area contributed by atoms with Crippen molar-refractivity contribution in [3.8, 4) is 0 Å². The predicted molar refractivity (Wildman–Crippen MR) is 51.4 cm³/mol. The average Bonchev–Trinajstić information content (AvgIpc) is 2.72. The second-order valence-corrected chi connectivity index (χ2v) is 3.61. The second kappa shape index (κ2) is 3.27. The molecular formula is C8H10N4S. The number of nitrogens with zero attached hydrogens (tertiary/aromatic N) is 3. The Balaban J connectivity index is 2.33. The van der Waals surface area contributed by atoms with Crippen LogP contribution in [0.4, 0.5) is 0 Å². The molecule has 0 aliphatic carbocycles. The maximum atomic E-state index is 5.99. The minimum absolute atomic E-state index is 0.168. The van der Waals surface area contributed by atoms with Crippen LogP contribution in [0.15, 0.2) is 23.2 Å². The van der Waals surface area contributed by atoms with Crippen molar-refractivity contribution in [3.05, 3.63) is 34.5 Å². The number of nitrogens with two attached hydrogens (primary N) is 1. The zero-order chi connectivity index (χ0) is 9.26. The quantitative estimate of drug-likeness (QED) is 0.773. The monoisotopic (exact) mass is 194 g/mol.